The summed E-state index contributed by atoms with van der Waals surface area (Å²) in [4.78, 5) is 0. The van der Waals surface area contributed by atoms with E-state index in [2.05, 4.69) is 105 Å². The molecule has 3 aromatic rings. The molecule has 0 spiro atoms. The maximum atomic E-state index is 2.39. The fourth-order valence-corrected chi connectivity index (χ4v) is 18.8. The van der Waals surface area contributed by atoms with Gasteiger partial charge in [-0.25, -0.2) is 0 Å². The van der Waals surface area contributed by atoms with E-state index in [0.29, 0.717) is 0 Å². The van der Waals surface area contributed by atoms with Gasteiger partial charge in [0.15, 0.2) is 0 Å². The van der Waals surface area contributed by atoms with Crippen LogP contribution in [0.15, 0.2) is 91.0 Å². The van der Waals surface area contributed by atoms with Crippen molar-refractivity contribution in [3.05, 3.63) is 91.0 Å². The number of hydrogen-bond acceptors (Lipinski definition) is 0. The van der Waals surface area contributed by atoms with E-state index in [1.165, 1.54) is 38.3 Å². The van der Waals surface area contributed by atoms with Gasteiger partial charge in [-0.15, -0.1) is 0 Å². The summed E-state index contributed by atoms with van der Waals surface area (Å²) in [5.41, 5.74) is 0. The van der Waals surface area contributed by atoms with Crippen LogP contribution in [0, 0.1) is 0 Å². The molecule has 1 radical (unpaired) electrons. The topological polar surface area (TPSA) is 0 Å². The van der Waals surface area contributed by atoms with Gasteiger partial charge in [0.05, 0.1) is 0 Å². The Morgan fingerprint density at radius 3 is 1.23 bits per heavy atom. The molecule has 3 rings (SSSR count). The third-order valence-electron chi connectivity index (χ3n) is 6.38. The van der Waals surface area contributed by atoms with Crippen LogP contribution in [0.4, 0.5) is 0 Å². The predicted octanol–water partition coefficient (Wildman–Crippen LogP) is 7.47. The number of hydrogen-bond donors (Lipinski definition) is 0. The van der Waals surface area contributed by atoms with E-state index >= 15 is 0 Å². The van der Waals surface area contributed by atoms with Crippen LogP contribution in [0.25, 0.3) is 0 Å². The van der Waals surface area contributed by atoms with Crippen LogP contribution in [0.5, 0.6) is 0 Å². The summed E-state index contributed by atoms with van der Waals surface area (Å²) in [6.45, 7) is 4.72. The van der Waals surface area contributed by atoms with Gasteiger partial charge in [-0.2, -0.15) is 0 Å². The average molecular weight is 537 g/mol. The Kier molecular flexibility index (Phi) is 10.6. The van der Waals surface area contributed by atoms with Crippen LogP contribution in [-0.4, -0.2) is 25.9 Å². The molecule has 0 amide bonds. The molecule has 0 aromatic heterocycles. The van der Waals surface area contributed by atoms with Crippen LogP contribution in [0.3, 0.4) is 0 Å². The summed E-state index contributed by atoms with van der Waals surface area (Å²) < 4.78 is 4.77. The molecule has 0 heterocycles. The molecule has 3 aromatic carbocycles. The van der Waals surface area contributed by atoms with Crippen molar-refractivity contribution in [2.45, 2.75) is 59.3 Å². The van der Waals surface area contributed by atoms with Crippen LogP contribution >= 0.6 is 7.26 Å². The van der Waals surface area contributed by atoms with Gasteiger partial charge in [0, 0.05) is 0 Å². The Labute approximate surface area is 198 Å². The van der Waals surface area contributed by atoms with Crippen molar-refractivity contribution in [1.29, 1.82) is 0 Å². The summed E-state index contributed by atoms with van der Waals surface area (Å²) in [5, 5.41) is 4.62. The monoisotopic (exact) mass is 538 g/mol. The molecule has 0 aliphatic rings. The predicted molar refractivity (Wildman–Crippen MR) is 145 cm³/mol. The Hall–Kier alpha value is -1.11. The van der Waals surface area contributed by atoms with Crippen molar-refractivity contribution in [2.75, 3.05) is 6.16 Å². The molecule has 2 heteroatoms. The van der Waals surface area contributed by atoms with E-state index in [-0.39, 0.29) is 0 Å². The fraction of sp³-hybridized carbons (Fsp3) is 0.379. The molecule has 0 saturated carbocycles. The maximum absolute atomic E-state index is 2.39. The molecular weight excluding hydrogens is 498 g/mol. The van der Waals surface area contributed by atoms with Crippen molar-refractivity contribution in [2.24, 2.45) is 0 Å². The number of rotatable bonds is 13. The third kappa shape index (κ3) is 6.69. The van der Waals surface area contributed by atoms with E-state index in [0.717, 1.165) is 0 Å². The minimum absolute atomic E-state index is 1.25. The van der Waals surface area contributed by atoms with Crippen LogP contribution in [0.1, 0.15) is 46.0 Å². The van der Waals surface area contributed by atoms with Crippen molar-refractivity contribution in [1.82, 2.24) is 0 Å². The second-order valence-electron chi connectivity index (χ2n) is 8.60. The molecule has 163 valence electrons. The fourth-order valence-electron chi connectivity index (χ4n) is 4.68. The number of benzene rings is 3. The van der Waals surface area contributed by atoms with E-state index in [9.17, 15) is 0 Å². The van der Waals surface area contributed by atoms with Gasteiger partial charge in [0.25, 0.3) is 0 Å². The van der Waals surface area contributed by atoms with Gasteiger partial charge in [0.1, 0.15) is 0 Å². The third-order valence-corrected chi connectivity index (χ3v) is 20.0. The molecule has 0 N–H and O–H groups in total. The summed E-state index contributed by atoms with van der Waals surface area (Å²) in [6, 6.07) is 34.2. The summed E-state index contributed by atoms with van der Waals surface area (Å²) in [7, 11) is -1.63. The van der Waals surface area contributed by atoms with Gasteiger partial charge in [0.2, 0.25) is 0 Å². The zero-order valence-corrected chi connectivity index (χ0v) is 23.2. The Morgan fingerprint density at radius 1 is 0.516 bits per heavy atom. The second kappa shape index (κ2) is 13.4. The van der Waals surface area contributed by atoms with Crippen LogP contribution in [-0.2, 0) is 0 Å². The standard InChI is InChI=1S/C21H21P.2C4H9.Sn/c1-2-18-22(19-12-6-3-7-13-19,20-14-8-4-9-15-20)21-16-10-5-11-17-21;2*1-3-4-2;/h3-17H,1-2,18H2;2*1,3-4H2,2H3;/q+1;;;. The molecule has 0 aliphatic heterocycles. The summed E-state index contributed by atoms with van der Waals surface area (Å²) in [6.07, 6.45) is 8.38. The van der Waals surface area contributed by atoms with Crippen LogP contribution < -0.4 is 15.9 Å². The Bertz CT molecular complexity index is 743. The molecule has 31 heavy (non-hydrogen) atoms. The quantitative estimate of drug-likeness (QED) is 0.157. The number of unbranched alkanes of at least 4 members (excludes halogenated alkanes) is 2. The van der Waals surface area contributed by atoms with Gasteiger partial charge >= 0.3 is 199 Å². The summed E-state index contributed by atoms with van der Waals surface area (Å²) in [5.74, 6) is 0. The van der Waals surface area contributed by atoms with E-state index < -0.39 is 27.0 Å². The molecule has 0 nitrogen and oxygen atoms in total. The van der Waals surface area contributed by atoms with Crippen LogP contribution in [0.2, 0.25) is 13.3 Å². The normalized spacial score (nSPS) is 11.7. The summed E-state index contributed by atoms with van der Waals surface area (Å²) >= 11 is -1.25. The van der Waals surface area contributed by atoms with Crippen molar-refractivity contribution >= 4 is 42.9 Å². The molecule has 0 saturated heterocycles. The molecule has 0 unspecified atom stereocenters. The van der Waals surface area contributed by atoms with Gasteiger partial charge < -0.3 is 0 Å². The first-order valence-electron chi connectivity index (χ1n) is 12.2. The van der Waals surface area contributed by atoms with E-state index in [1.807, 2.05) is 0 Å². The first-order chi connectivity index (χ1) is 15.3. The van der Waals surface area contributed by atoms with Gasteiger partial charge in [-0.05, 0) is 0 Å². The Balaban J connectivity index is 1.94. The van der Waals surface area contributed by atoms with Crippen molar-refractivity contribution < 1.29 is 0 Å². The van der Waals surface area contributed by atoms with Crippen molar-refractivity contribution in [3.63, 3.8) is 0 Å². The molecule has 0 atom stereocenters. The first-order valence-corrected chi connectivity index (χ1v) is 20.2. The zero-order chi connectivity index (χ0) is 21.8. The Morgan fingerprint density at radius 2 is 0.871 bits per heavy atom. The van der Waals surface area contributed by atoms with E-state index in [4.69, 9.17) is 0 Å². The average Bonchev–Trinajstić information content (AvgIpc) is 2.85. The van der Waals surface area contributed by atoms with Gasteiger partial charge in [-0.3, -0.25) is 0 Å². The second-order valence-corrected chi connectivity index (χ2v) is 20.8. The SMILES string of the molecule is CCC[CH2][Sn]([CH2]CCC)[CH2]CC[P+](c1ccccc1)(c1ccccc1)c1ccccc1. The first kappa shape index (κ1) is 24.5. The van der Waals surface area contributed by atoms with Gasteiger partial charge in [-0.1, -0.05) is 0 Å². The molecule has 0 bridgehead atoms. The molecule has 0 aliphatic carbocycles. The van der Waals surface area contributed by atoms with Crippen molar-refractivity contribution in [3.8, 4) is 0 Å². The zero-order valence-electron chi connectivity index (χ0n) is 19.5. The molecular formula is C29H39PSn+. The minimum atomic E-state index is -1.63. The van der Waals surface area contributed by atoms with E-state index in [1.54, 1.807) is 29.2 Å². The molecule has 0 fully saturated rings.